The maximum absolute atomic E-state index is 12.5. The number of furan rings is 1. The second-order valence-electron chi connectivity index (χ2n) is 5.65. The number of ether oxygens (including phenoxy) is 1. The molecule has 122 valence electrons. The summed E-state index contributed by atoms with van der Waals surface area (Å²) in [6.07, 6.45) is 4.64. The predicted molar refractivity (Wildman–Crippen MR) is 88.3 cm³/mol. The number of esters is 1. The maximum Gasteiger partial charge on any atom is 0.355 e. The van der Waals surface area contributed by atoms with Crippen LogP contribution in [-0.4, -0.2) is 35.4 Å². The first kappa shape index (κ1) is 15.9. The van der Waals surface area contributed by atoms with Gasteiger partial charge in [-0.05, 0) is 37.3 Å². The highest BCUT2D eigenvalue weighted by atomic mass is 32.2. The quantitative estimate of drug-likeness (QED) is 0.671. The number of fused-ring (bicyclic) bond motifs is 1. The van der Waals surface area contributed by atoms with E-state index in [4.69, 9.17) is 9.15 Å². The normalized spacial score (nSPS) is 17.1. The summed E-state index contributed by atoms with van der Waals surface area (Å²) in [6, 6.07) is 3.71. The van der Waals surface area contributed by atoms with E-state index >= 15 is 0 Å². The van der Waals surface area contributed by atoms with Crippen LogP contribution in [0.1, 0.15) is 50.2 Å². The molecule has 0 fully saturated rings. The molecule has 0 saturated heterocycles. The van der Waals surface area contributed by atoms with Crippen molar-refractivity contribution in [2.24, 2.45) is 0 Å². The minimum Gasteiger partial charge on any atom is -0.469 e. The summed E-state index contributed by atoms with van der Waals surface area (Å²) in [7, 11) is 0. The summed E-state index contributed by atoms with van der Waals surface area (Å²) in [6.45, 7) is 2.16. The Balaban J connectivity index is 1.84. The van der Waals surface area contributed by atoms with Crippen LogP contribution in [0.4, 0.5) is 0 Å². The number of hydrogen-bond donors (Lipinski definition) is 1. The number of thioether (sulfide) groups is 1. The molecule has 0 spiro atoms. The lowest BCUT2D eigenvalue weighted by Gasteiger charge is -2.19. The first-order valence-corrected chi connectivity index (χ1v) is 8.95. The Labute approximate surface area is 138 Å². The molecule has 6 heteroatoms. The lowest BCUT2D eigenvalue weighted by atomic mass is 9.84. The third kappa shape index (κ3) is 3.08. The molecule has 0 aromatic carbocycles. The molecule has 5 nitrogen and oxygen atoms in total. The van der Waals surface area contributed by atoms with E-state index in [9.17, 15) is 9.59 Å². The highest BCUT2D eigenvalue weighted by molar-refractivity contribution is 7.98. The van der Waals surface area contributed by atoms with Crippen molar-refractivity contribution in [3.63, 3.8) is 0 Å². The Bertz CT molecular complexity index is 717. The van der Waals surface area contributed by atoms with Gasteiger partial charge in [0.2, 0.25) is 0 Å². The van der Waals surface area contributed by atoms with Crippen molar-refractivity contribution in [1.82, 2.24) is 4.98 Å². The Hall–Kier alpha value is -1.95. The number of H-pyrrole nitrogens is 1. The van der Waals surface area contributed by atoms with E-state index in [0.717, 1.165) is 17.2 Å². The van der Waals surface area contributed by atoms with Crippen molar-refractivity contribution in [2.75, 3.05) is 18.6 Å². The summed E-state index contributed by atoms with van der Waals surface area (Å²) < 4.78 is 10.7. The molecule has 0 amide bonds. The van der Waals surface area contributed by atoms with Gasteiger partial charge in [-0.3, -0.25) is 4.79 Å². The maximum atomic E-state index is 12.5. The van der Waals surface area contributed by atoms with E-state index in [1.807, 2.05) is 18.4 Å². The third-order valence-corrected chi connectivity index (χ3v) is 4.73. The molecule has 0 radical (unpaired) electrons. The molecule has 0 saturated carbocycles. The number of ketones is 1. The predicted octanol–water partition coefficient (Wildman–Crippen LogP) is 3.35. The Morgan fingerprint density at radius 1 is 1.48 bits per heavy atom. The highest BCUT2D eigenvalue weighted by Gasteiger charge is 2.33. The third-order valence-electron chi connectivity index (χ3n) is 4.16. The summed E-state index contributed by atoms with van der Waals surface area (Å²) in [5.41, 5.74) is 2.53. The SMILES string of the molecule is CSCCOC(=O)c1[nH]c2c(c1C)C(=O)C[C@H](c1ccco1)C2. The molecule has 1 N–H and O–H groups in total. The van der Waals surface area contributed by atoms with Gasteiger partial charge in [0, 0.05) is 29.3 Å². The Morgan fingerprint density at radius 3 is 3.00 bits per heavy atom. The Morgan fingerprint density at radius 2 is 2.30 bits per heavy atom. The van der Waals surface area contributed by atoms with Crippen LogP contribution in [0.5, 0.6) is 0 Å². The van der Waals surface area contributed by atoms with Gasteiger partial charge >= 0.3 is 5.97 Å². The van der Waals surface area contributed by atoms with Gasteiger partial charge in [-0.25, -0.2) is 4.79 Å². The minimum atomic E-state index is -0.395. The zero-order valence-electron chi connectivity index (χ0n) is 13.2. The van der Waals surface area contributed by atoms with Crippen LogP contribution in [0.25, 0.3) is 0 Å². The van der Waals surface area contributed by atoms with E-state index in [2.05, 4.69) is 4.98 Å². The van der Waals surface area contributed by atoms with Crippen molar-refractivity contribution >= 4 is 23.5 Å². The van der Waals surface area contributed by atoms with E-state index in [1.54, 1.807) is 24.9 Å². The van der Waals surface area contributed by atoms with Crippen LogP contribution in [-0.2, 0) is 11.2 Å². The molecule has 1 aliphatic rings. The topological polar surface area (TPSA) is 72.3 Å². The molecule has 0 aliphatic heterocycles. The Kier molecular flexibility index (Phi) is 4.61. The largest absolute Gasteiger partial charge is 0.469 e. The molecule has 23 heavy (non-hydrogen) atoms. The van der Waals surface area contributed by atoms with Gasteiger partial charge in [-0.2, -0.15) is 11.8 Å². The number of aromatic nitrogens is 1. The average Bonchev–Trinajstić information content (AvgIpc) is 3.15. The monoisotopic (exact) mass is 333 g/mol. The fourth-order valence-corrected chi connectivity index (χ4v) is 3.30. The van der Waals surface area contributed by atoms with E-state index < -0.39 is 5.97 Å². The fraction of sp³-hybridized carbons (Fsp3) is 0.412. The van der Waals surface area contributed by atoms with Crippen molar-refractivity contribution in [2.45, 2.75) is 25.7 Å². The number of hydrogen-bond acceptors (Lipinski definition) is 5. The number of aromatic amines is 1. The summed E-state index contributed by atoms with van der Waals surface area (Å²) in [5, 5.41) is 0. The van der Waals surface area contributed by atoms with Crippen LogP contribution in [0.3, 0.4) is 0 Å². The van der Waals surface area contributed by atoms with Crippen LogP contribution in [0, 0.1) is 6.92 Å². The van der Waals surface area contributed by atoms with Crippen molar-refractivity contribution in [3.05, 3.63) is 46.7 Å². The number of nitrogens with one attached hydrogen (secondary N) is 1. The fourth-order valence-electron chi connectivity index (χ4n) is 3.05. The summed E-state index contributed by atoms with van der Waals surface area (Å²) in [5.74, 6) is 1.23. The van der Waals surface area contributed by atoms with Crippen LogP contribution >= 0.6 is 11.8 Å². The van der Waals surface area contributed by atoms with Gasteiger partial charge in [0.25, 0.3) is 0 Å². The molecule has 3 rings (SSSR count). The molecule has 2 aromatic rings. The van der Waals surface area contributed by atoms with Crippen LogP contribution in [0.2, 0.25) is 0 Å². The lowest BCUT2D eigenvalue weighted by molar-refractivity contribution is 0.0523. The molecule has 1 atom stereocenters. The zero-order chi connectivity index (χ0) is 16.4. The highest BCUT2D eigenvalue weighted by Crippen LogP contribution is 2.35. The van der Waals surface area contributed by atoms with E-state index in [1.165, 1.54) is 0 Å². The molecule has 2 heterocycles. The molecule has 0 bridgehead atoms. The summed E-state index contributed by atoms with van der Waals surface area (Å²) >= 11 is 1.62. The van der Waals surface area contributed by atoms with Gasteiger partial charge in [-0.1, -0.05) is 0 Å². The number of carbonyl (C=O) groups is 2. The van der Waals surface area contributed by atoms with Gasteiger partial charge in [-0.15, -0.1) is 0 Å². The molecule has 1 aliphatic carbocycles. The van der Waals surface area contributed by atoms with Crippen LogP contribution in [0.15, 0.2) is 22.8 Å². The van der Waals surface area contributed by atoms with E-state index in [-0.39, 0.29) is 11.7 Å². The minimum absolute atomic E-state index is 0.0170. The van der Waals surface area contributed by atoms with Gasteiger partial charge in [0.15, 0.2) is 5.78 Å². The standard InChI is InChI=1S/C17H19NO4S/c1-10-15-12(18-16(10)17(20)22-6-7-23-2)8-11(9-13(15)19)14-4-3-5-21-14/h3-5,11,18H,6-9H2,1-2H3/t11-/m1/s1. The van der Waals surface area contributed by atoms with Crippen LogP contribution < -0.4 is 0 Å². The number of carbonyl (C=O) groups excluding carboxylic acids is 2. The van der Waals surface area contributed by atoms with Crippen molar-refractivity contribution < 1.29 is 18.7 Å². The number of rotatable bonds is 5. The van der Waals surface area contributed by atoms with Gasteiger partial charge in [0.1, 0.15) is 18.1 Å². The number of Topliss-reactive ketones (excluding diaryl/α,β-unsaturated/α-hetero) is 1. The average molecular weight is 333 g/mol. The van der Waals surface area contributed by atoms with E-state index in [0.29, 0.717) is 36.3 Å². The smallest absolute Gasteiger partial charge is 0.355 e. The van der Waals surface area contributed by atoms with Gasteiger partial charge < -0.3 is 14.1 Å². The first-order valence-electron chi connectivity index (χ1n) is 7.56. The van der Waals surface area contributed by atoms with Crippen molar-refractivity contribution in [1.29, 1.82) is 0 Å². The molecular formula is C17H19NO4S. The first-order chi connectivity index (χ1) is 11.1. The second kappa shape index (κ2) is 6.66. The molecule has 0 unspecified atom stereocenters. The second-order valence-corrected chi connectivity index (χ2v) is 6.64. The lowest BCUT2D eigenvalue weighted by Crippen LogP contribution is -2.18. The molecular weight excluding hydrogens is 314 g/mol. The molecule has 2 aromatic heterocycles. The van der Waals surface area contributed by atoms with Gasteiger partial charge in [0.05, 0.1) is 6.26 Å². The summed E-state index contributed by atoms with van der Waals surface area (Å²) in [4.78, 5) is 27.8. The zero-order valence-corrected chi connectivity index (χ0v) is 14.0. The van der Waals surface area contributed by atoms with Crippen molar-refractivity contribution in [3.8, 4) is 0 Å².